The Labute approximate surface area is 77.5 Å². The van der Waals surface area contributed by atoms with E-state index in [1.54, 1.807) is 7.11 Å². The number of fused-ring (bicyclic) bond motifs is 1. The molecular weight excluding hydrogens is 166 g/mol. The van der Waals surface area contributed by atoms with E-state index in [0.29, 0.717) is 6.54 Å². The molecule has 3 heteroatoms. The Morgan fingerprint density at radius 3 is 3.08 bits per heavy atom. The van der Waals surface area contributed by atoms with Crippen LogP contribution in [0.15, 0.2) is 12.1 Å². The number of methoxy groups -OCH3 is 1. The third-order valence-corrected chi connectivity index (χ3v) is 2.36. The molecule has 1 heterocycles. The van der Waals surface area contributed by atoms with Gasteiger partial charge in [0.05, 0.1) is 13.7 Å². The average Bonchev–Trinajstić information content (AvgIpc) is 2.64. The Kier molecular flexibility index (Phi) is 2.10. The predicted molar refractivity (Wildman–Crippen MR) is 50.1 cm³/mol. The van der Waals surface area contributed by atoms with Gasteiger partial charge in [-0.05, 0) is 11.6 Å². The summed E-state index contributed by atoms with van der Waals surface area (Å²) in [5, 5.41) is 0. The Balaban J connectivity index is 2.52. The van der Waals surface area contributed by atoms with E-state index in [9.17, 15) is 0 Å². The third-order valence-electron chi connectivity index (χ3n) is 2.36. The highest BCUT2D eigenvalue weighted by molar-refractivity contribution is 5.52. The normalized spacial score (nSPS) is 13.7. The summed E-state index contributed by atoms with van der Waals surface area (Å²) in [6.07, 6.45) is 0.944. The van der Waals surface area contributed by atoms with Gasteiger partial charge in [0.1, 0.15) is 0 Å². The quantitative estimate of drug-likeness (QED) is 0.739. The molecule has 0 aromatic heterocycles. The summed E-state index contributed by atoms with van der Waals surface area (Å²) in [6.45, 7) is 1.30. The first-order valence-corrected chi connectivity index (χ1v) is 4.38. The molecule has 0 fully saturated rings. The van der Waals surface area contributed by atoms with Crippen LogP contribution in [0, 0.1) is 0 Å². The van der Waals surface area contributed by atoms with E-state index in [4.69, 9.17) is 15.2 Å². The molecular formula is C10H13NO2. The van der Waals surface area contributed by atoms with E-state index >= 15 is 0 Å². The van der Waals surface area contributed by atoms with E-state index in [1.165, 1.54) is 5.56 Å². The number of rotatable bonds is 2. The maximum Gasteiger partial charge on any atom is 0.164 e. The second-order valence-electron chi connectivity index (χ2n) is 3.04. The number of benzene rings is 1. The lowest BCUT2D eigenvalue weighted by Gasteiger charge is -2.09. The zero-order valence-electron chi connectivity index (χ0n) is 7.67. The van der Waals surface area contributed by atoms with Crippen LogP contribution in [-0.4, -0.2) is 13.7 Å². The molecule has 1 aromatic carbocycles. The summed E-state index contributed by atoms with van der Waals surface area (Å²) in [5.41, 5.74) is 7.99. The summed E-state index contributed by atoms with van der Waals surface area (Å²) in [5.74, 6) is 1.69. The minimum absolute atomic E-state index is 0.565. The van der Waals surface area contributed by atoms with Gasteiger partial charge in [-0.2, -0.15) is 0 Å². The fraction of sp³-hybridized carbons (Fsp3) is 0.400. The Morgan fingerprint density at radius 2 is 2.38 bits per heavy atom. The first kappa shape index (κ1) is 8.38. The Bertz CT molecular complexity index is 292. The molecule has 1 aromatic rings. The van der Waals surface area contributed by atoms with Gasteiger partial charge in [0.25, 0.3) is 0 Å². The Hall–Kier alpha value is -1.22. The van der Waals surface area contributed by atoms with E-state index < -0.39 is 0 Å². The predicted octanol–water partition coefficient (Wildman–Crippen LogP) is 1.09. The highest BCUT2D eigenvalue weighted by Crippen LogP contribution is 2.37. The summed E-state index contributed by atoms with van der Waals surface area (Å²) >= 11 is 0. The summed E-state index contributed by atoms with van der Waals surface area (Å²) in [4.78, 5) is 0. The monoisotopic (exact) mass is 179 g/mol. The topological polar surface area (TPSA) is 44.5 Å². The van der Waals surface area contributed by atoms with Crippen molar-refractivity contribution in [2.75, 3.05) is 13.7 Å². The van der Waals surface area contributed by atoms with Crippen LogP contribution in [0.5, 0.6) is 11.5 Å². The van der Waals surface area contributed by atoms with Crippen molar-refractivity contribution in [1.29, 1.82) is 0 Å². The first-order chi connectivity index (χ1) is 6.36. The number of hydrogen-bond acceptors (Lipinski definition) is 3. The van der Waals surface area contributed by atoms with Gasteiger partial charge in [-0.15, -0.1) is 0 Å². The smallest absolute Gasteiger partial charge is 0.164 e. The van der Waals surface area contributed by atoms with E-state index in [1.807, 2.05) is 12.1 Å². The number of hydrogen-bond donors (Lipinski definition) is 1. The van der Waals surface area contributed by atoms with Crippen LogP contribution in [0.1, 0.15) is 11.1 Å². The molecule has 1 aliphatic heterocycles. The van der Waals surface area contributed by atoms with Gasteiger partial charge < -0.3 is 15.2 Å². The van der Waals surface area contributed by atoms with Crippen molar-refractivity contribution in [1.82, 2.24) is 0 Å². The molecule has 70 valence electrons. The van der Waals surface area contributed by atoms with E-state index in [0.717, 1.165) is 30.1 Å². The number of ether oxygens (including phenoxy) is 2. The van der Waals surface area contributed by atoms with Gasteiger partial charge in [-0.1, -0.05) is 6.07 Å². The molecule has 0 radical (unpaired) electrons. The molecule has 0 amide bonds. The summed E-state index contributed by atoms with van der Waals surface area (Å²) < 4.78 is 10.7. The van der Waals surface area contributed by atoms with Crippen molar-refractivity contribution in [3.05, 3.63) is 23.3 Å². The van der Waals surface area contributed by atoms with Crippen LogP contribution in [0.4, 0.5) is 0 Å². The van der Waals surface area contributed by atoms with Gasteiger partial charge in [0, 0.05) is 18.5 Å². The largest absolute Gasteiger partial charge is 0.493 e. The maximum atomic E-state index is 5.62. The van der Waals surface area contributed by atoms with Gasteiger partial charge in [-0.3, -0.25) is 0 Å². The molecule has 2 N–H and O–H groups in total. The van der Waals surface area contributed by atoms with Crippen LogP contribution in [0.2, 0.25) is 0 Å². The molecule has 13 heavy (non-hydrogen) atoms. The standard InChI is InChI=1S/C10H13NO2/c1-12-9-3-2-7(6-11)8-4-5-13-10(8)9/h2-3H,4-6,11H2,1H3. The SMILES string of the molecule is COc1ccc(CN)c2c1OCC2. The van der Waals surface area contributed by atoms with Gasteiger partial charge in [0.2, 0.25) is 0 Å². The van der Waals surface area contributed by atoms with Gasteiger partial charge in [0.15, 0.2) is 11.5 Å². The highest BCUT2D eigenvalue weighted by Gasteiger charge is 2.19. The van der Waals surface area contributed by atoms with Crippen LogP contribution >= 0.6 is 0 Å². The van der Waals surface area contributed by atoms with Crippen molar-refractivity contribution in [3.63, 3.8) is 0 Å². The molecule has 0 atom stereocenters. The Morgan fingerprint density at radius 1 is 1.54 bits per heavy atom. The lowest BCUT2D eigenvalue weighted by Crippen LogP contribution is -2.00. The van der Waals surface area contributed by atoms with Crippen LogP contribution in [0.25, 0.3) is 0 Å². The molecule has 0 unspecified atom stereocenters. The second-order valence-corrected chi connectivity index (χ2v) is 3.04. The minimum Gasteiger partial charge on any atom is -0.493 e. The fourth-order valence-corrected chi connectivity index (χ4v) is 1.69. The van der Waals surface area contributed by atoms with E-state index in [2.05, 4.69) is 0 Å². The lowest BCUT2D eigenvalue weighted by molar-refractivity contribution is 0.326. The lowest BCUT2D eigenvalue weighted by atomic mass is 10.0. The molecule has 1 aliphatic rings. The van der Waals surface area contributed by atoms with Crippen LogP contribution in [0.3, 0.4) is 0 Å². The van der Waals surface area contributed by atoms with Crippen molar-refractivity contribution >= 4 is 0 Å². The van der Waals surface area contributed by atoms with E-state index in [-0.39, 0.29) is 0 Å². The molecule has 0 bridgehead atoms. The third kappa shape index (κ3) is 1.25. The zero-order chi connectivity index (χ0) is 9.26. The fourth-order valence-electron chi connectivity index (χ4n) is 1.69. The van der Waals surface area contributed by atoms with Crippen molar-refractivity contribution in [3.8, 4) is 11.5 Å². The zero-order valence-corrected chi connectivity index (χ0v) is 7.67. The molecule has 3 nitrogen and oxygen atoms in total. The average molecular weight is 179 g/mol. The second kappa shape index (κ2) is 3.26. The van der Waals surface area contributed by atoms with Crippen molar-refractivity contribution < 1.29 is 9.47 Å². The van der Waals surface area contributed by atoms with Crippen LogP contribution in [-0.2, 0) is 13.0 Å². The summed E-state index contributed by atoms with van der Waals surface area (Å²) in [7, 11) is 1.65. The molecule has 0 spiro atoms. The molecule has 0 saturated heterocycles. The van der Waals surface area contributed by atoms with Gasteiger partial charge in [-0.25, -0.2) is 0 Å². The highest BCUT2D eigenvalue weighted by atomic mass is 16.5. The minimum atomic E-state index is 0.565. The first-order valence-electron chi connectivity index (χ1n) is 4.38. The van der Waals surface area contributed by atoms with Crippen LogP contribution < -0.4 is 15.2 Å². The molecule has 0 aliphatic carbocycles. The summed E-state index contributed by atoms with van der Waals surface area (Å²) in [6, 6.07) is 3.92. The van der Waals surface area contributed by atoms with Crippen molar-refractivity contribution in [2.45, 2.75) is 13.0 Å². The van der Waals surface area contributed by atoms with Gasteiger partial charge >= 0.3 is 0 Å². The molecule has 2 rings (SSSR count). The number of nitrogens with two attached hydrogens (primary N) is 1. The maximum absolute atomic E-state index is 5.62. The van der Waals surface area contributed by atoms with Crippen molar-refractivity contribution in [2.24, 2.45) is 5.73 Å². The molecule has 0 saturated carbocycles.